The summed E-state index contributed by atoms with van der Waals surface area (Å²) in [5.41, 5.74) is 7.70. The fourth-order valence-corrected chi connectivity index (χ4v) is 3.06. The van der Waals surface area contributed by atoms with Gasteiger partial charge in [-0.25, -0.2) is 9.37 Å². The van der Waals surface area contributed by atoms with Crippen LogP contribution in [0, 0.1) is 5.82 Å². The van der Waals surface area contributed by atoms with Crippen molar-refractivity contribution in [1.29, 1.82) is 0 Å². The summed E-state index contributed by atoms with van der Waals surface area (Å²) in [5.74, 6) is 0.577. The minimum atomic E-state index is -0.277. The van der Waals surface area contributed by atoms with Crippen LogP contribution in [-0.2, 0) is 6.42 Å². The van der Waals surface area contributed by atoms with E-state index in [0.717, 1.165) is 36.1 Å². The molecule has 3 nitrogen and oxygen atoms in total. The molecule has 1 aromatic heterocycles. The molecule has 1 aliphatic carbocycles. The van der Waals surface area contributed by atoms with E-state index in [1.807, 2.05) is 0 Å². The van der Waals surface area contributed by atoms with Gasteiger partial charge < -0.3 is 10.7 Å². The van der Waals surface area contributed by atoms with Crippen molar-refractivity contribution in [1.82, 2.24) is 9.97 Å². The molecule has 96 valence electrons. The molecule has 0 spiro atoms. The third-order valence-electron chi connectivity index (χ3n) is 3.69. The van der Waals surface area contributed by atoms with E-state index >= 15 is 0 Å². The van der Waals surface area contributed by atoms with Gasteiger partial charge in [0.25, 0.3) is 0 Å². The molecule has 0 radical (unpaired) electrons. The zero-order chi connectivity index (χ0) is 12.8. The minimum Gasteiger partial charge on any atom is -0.342 e. The summed E-state index contributed by atoms with van der Waals surface area (Å²) in [7, 11) is 0. The predicted octanol–water partition coefficient (Wildman–Crippen LogP) is 3.28. The molecule has 0 aliphatic heterocycles. The van der Waals surface area contributed by atoms with Crippen molar-refractivity contribution in [3.05, 3.63) is 28.2 Å². The average molecular weight is 312 g/mol. The lowest BCUT2D eigenvalue weighted by molar-refractivity contribution is 0.428. The number of nitrogens with two attached hydrogens (primary N) is 1. The normalized spacial score (nSPS) is 18.6. The molecular weight excluding hydrogens is 297 g/mol. The number of H-pyrrole nitrogens is 1. The molecule has 1 saturated carbocycles. The van der Waals surface area contributed by atoms with Crippen LogP contribution in [0.2, 0.25) is 0 Å². The molecule has 18 heavy (non-hydrogen) atoms. The Kier molecular flexibility index (Phi) is 2.90. The first-order valence-corrected chi connectivity index (χ1v) is 6.98. The monoisotopic (exact) mass is 311 g/mol. The molecule has 0 bridgehead atoms. The molecule has 1 aromatic carbocycles. The zero-order valence-electron chi connectivity index (χ0n) is 9.97. The summed E-state index contributed by atoms with van der Waals surface area (Å²) in [6.07, 6.45) is 5.21. The molecule has 0 saturated heterocycles. The van der Waals surface area contributed by atoms with E-state index < -0.39 is 0 Å². The van der Waals surface area contributed by atoms with Crippen molar-refractivity contribution < 1.29 is 4.39 Å². The lowest BCUT2D eigenvalue weighted by Crippen LogP contribution is -2.39. The number of halogens is 2. The maximum absolute atomic E-state index is 13.4. The Balaban J connectivity index is 1.93. The highest BCUT2D eigenvalue weighted by Crippen LogP contribution is 2.30. The van der Waals surface area contributed by atoms with Crippen LogP contribution in [-0.4, -0.2) is 15.5 Å². The Bertz CT molecular complexity index is 548. The number of fused-ring (bicyclic) bond motifs is 1. The number of hydrogen-bond acceptors (Lipinski definition) is 2. The maximum atomic E-state index is 13.4. The molecule has 1 fully saturated rings. The topological polar surface area (TPSA) is 54.7 Å². The van der Waals surface area contributed by atoms with E-state index in [0.29, 0.717) is 4.47 Å². The fraction of sp³-hybridized carbons (Fsp3) is 0.462. The smallest absolute Gasteiger partial charge is 0.139 e. The van der Waals surface area contributed by atoms with E-state index in [1.54, 1.807) is 6.07 Å². The van der Waals surface area contributed by atoms with E-state index in [-0.39, 0.29) is 11.4 Å². The molecule has 3 rings (SSSR count). The minimum absolute atomic E-state index is 0.135. The predicted molar refractivity (Wildman–Crippen MR) is 72.8 cm³/mol. The first kappa shape index (κ1) is 12.1. The van der Waals surface area contributed by atoms with Crippen LogP contribution in [0.15, 0.2) is 16.6 Å². The average Bonchev–Trinajstić information content (AvgIpc) is 2.86. The van der Waals surface area contributed by atoms with E-state index in [4.69, 9.17) is 5.73 Å². The van der Waals surface area contributed by atoms with Gasteiger partial charge >= 0.3 is 0 Å². The molecule has 1 aliphatic rings. The van der Waals surface area contributed by atoms with Crippen molar-refractivity contribution >= 4 is 27.0 Å². The quantitative estimate of drug-likeness (QED) is 0.894. The summed E-state index contributed by atoms with van der Waals surface area (Å²) in [6.45, 7) is 0. The fourth-order valence-electron chi connectivity index (χ4n) is 2.73. The molecule has 1 heterocycles. The van der Waals surface area contributed by atoms with E-state index in [1.165, 1.54) is 18.9 Å². The van der Waals surface area contributed by atoms with Gasteiger partial charge in [0.05, 0.1) is 15.5 Å². The first-order chi connectivity index (χ1) is 8.56. The van der Waals surface area contributed by atoms with Crippen molar-refractivity contribution in [2.75, 3.05) is 0 Å². The first-order valence-electron chi connectivity index (χ1n) is 6.18. The van der Waals surface area contributed by atoms with E-state index in [2.05, 4.69) is 25.9 Å². The van der Waals surface area contributed by atoms with Gasteiger partial charge in [-0.1, -0.05) is 12.8 Å². The molecular formula is C13H15BrFN3. The number of nitrogens with zero attached hydrogens (tertiary/aromatic N) is 1. The van der Waals surface area contributed by atoms with Crippen LogP contribution < -0.4 is 5.73 Å². The third kappa shape index (κ3) is 2.17. The van der Waals surface area contributed by atoms with Gasteiger partial charge in [-0.15, -0.1) is 0 Å². The standard InChI is InChI=1S/C13H15BrFN3/c14-8-5-10-11(6-9(8)15)18-12(17-10)7-13(16)3-1-2-4-13/h5-6H,1-4,7,16H2,(H,17,18). The summed E-state index contributed by atoms with van der Waals surface area (Å²) in [5, 5.41) is 0. The number of aromatic amines is 1. The van der Waals surface area contributed by atoms with Crippen LogP contribution in [0.5, 0.6) is 0 Å². The largest absolute Gasteiger partial charge is 0.342 e. The van der Waals surface area contributed by atoms with Gasteiger partial charge in [0.1, 0.15) is 11.6 Å². The van der Waals surface area contributed by atoms with Crippen molar-refractivity contribution in [2.24, 2.45) is 5.73 Å². The maximum Gasteiger partial charge on any atom is 0.139 e. The third-order valence-corrected chi connectivity index (χ3v) is 4.30. The Labute approximate surface area is 113 Å². The molecule has 0 atom stereocenters. The summed E-state index contributed by atoms with van der Waals surface area (Å²) >= 11 is 3.17. The molecule has 5 heteroatoms. The summed E-state index contributed by atoms with van der Waals surface area (Å²) in [6, 6.07) is 3.16. The number of nitrogens with one attached hydrogen (secondary N) is 1. The van der Waals surface area contributed by atoms with Crippen LogP contribution in [0.4, 0.5) is 4.39 Å². The van der Waals surface area contributed by atoms with Crippen molar-refractivity contribution in [2.45, 2.75) is 37.6 Å². The Hall–Kier alpha value is -0.940. The number of imidazole rings is 1. The lowest BCUT2D eigenvalue weighted by Gasteiger charge is -2.21. The molecule has 0 unspecified atom stereocenters. The van der Waals surface area contributed by atoms with Crippen molar-refractivity contribution in [3.63, 3.8) is 0 Å². The zero-order valence-corrected chi connectivity index (χ0v) is 11.6. The van der Waals surface area contributed by atoms with Gasteiger partial charge in [0.15, 0.2) is 0 Å². The van der Waals surface area contributed by atoms with E-state index in [9.17, 15) is 4.39 Å². The van der Waals surface area contributed by atoms with Gasteiger partial charge in [-0.2, -0.15) is 0 Å². The summed E-state index contributed by atoms with van der Waals surface area (Å²) in [4.78, 5) is 7.65. The molecule has 2 aromatic rings. The van der Waals surface area contributed by atoms with Crippen LogP contribution >= 0.6 is 15.9 Å². The SMILES string of the molecule is NC1(Cc2nc3cc(Br)c(F)cc3[nH]2)CCCC1. The second kappa shape index (κ2) is 4.31. The number of benzene rings is 1. The highest BCUT2D eigenvalue weighted by atomic mass is 79.9. The molecule has 0 amide bonds. The Morgan fingerprint density at radius 1 is 1.39 bits per heavy atom. The molecule has 3 N–H and O–H groups in total. The summed E-state index contributed by atoms with van der Waals surface area (Å²) < 4.78 is 13.9. The van der Waals surface area contributed by atoms with Crippen LogP contribution in [0.1, 0.15) is 31.5 Å². The Morgan fingerprint density at radius 2 is 2.11 bits per heavy atom. The highest BCUT2D eigenvalue weighted by molar-refractivity contribution is 9.10. The number of aromatic nitrogens is 2. The number of rotatable bonds is 2. The van der Waals surface area contributed by atoms with Gasteiger partial charge in [0.2, 0.25) is 0 Å². The second-order valence-corrected chi connectivity index (χ2v) is 6.07. The van der Waals surface area contributed by atoms with Crippen molar-refractivity contribution in [3.8, 4) is 0 Å². The van der Waals surface area contributed by atoms with Gasteiger partial charge in [0, 0.05) is 18.0 Å². The Morgan fingerprint density at radius 3 is 2.83 bits per heavy atom. The lowest BCUT2D eigenvalue weighted by atomic mass is 9.94. The van der Waals surface area contributed by atoms with Gasteiger partial charge in [-0.05, 0) is 34.8 Å². The number of hydrogen-bond donors (Lipinski definition) is 2. The second-order valence-electron chi connectivity index (χ2n) is 5.21. The highest BCUT2D eigenvalue weighted by Gasteiger charge is 2.30. The van der Waals surface area contributed by atoms with Crippen LogP contribution in [0.25, 0.3) is 11.0 Å². The van der Waals surface area contributed by atoms with Gasteiger partial charge in [-0.3, -0.25) is 0 Å². The van der Waals surface area contributed by atoms with Crippen LogP contribution in [0.3, 0.4) is 0 Å².